The topological polar surface area (TPSA) is 109 Å². The minimum absolute atomic E-state index is 0.0836. The average molecular weight is 296 g/mol. The Labute approximate surface area is 122 Å². The molecule has 0 radical (unpaired) electrons. The fourth-order valence-electron chi connectivity index (χ4n) is 1.66. The zero-order valence-electron chi connectivity index (χ0n) is 12.5. The van der Waals surface area contributed by atoms with Crippen LogP contribution in [0.15, 0.2) is 22.8 Å². The van der Waals surface area contributed by atoms with Gasteiger partial charge in [-0.05, 0) is 24.5 Å². The van der Waals surface area contributed by atoms with Crippen molar-refractivity contribution in [3.05, 3.63) is 24.2 Å². The number of amides is 2. The van der Waals surface area contributed by atoms with E-state index in [9.17, 15) is 14.4 Å². The van der Waals surface area contributed by atoms with E-state index in [0.717, 1.165) is 0 Å². The van der Waals surface area contributed by atoms with Gasteiger partial charge in [-0.25, -0.2) is 4.79 Å². The molecule has 1 aromatic heterocycles. The first-order chi connectivity index (χ1) is 9.62. The van der Waals surface area contributed by atoms with Gasteiger partial charge in [0.25, 0.3) is 5.91 Å². The third kappa shape index (κ3) is 4.62. The molecule has 21 heavy (non-hydrogen) atoms. The van der Waals surface area contributed by atoms with E-state index in [2.05, 4.69) is 10.6 Å². The first-order valence-electron chi connectivity index (χ1n) is 6.50. The number of carboxylic acids is 1. The molecule has 0 aliphatic rings. The van der Waals surface area contributed by atoms with Crippen LogP contribution in [0, 0.1) is 5.41 Å². The van der Waals surface area contributed by atoms with Crippen LogP contribution in [0.2, 0.25) is 0 Å². The lowest BCUT2D eigenvalue weighted by atomic mass is 9.86. The number of rotatable bonds is 5. The van der Waals surface area contributed by atoms with Crippen LogP contribution in [0.4, 0.5) is 0 Å². The summed E-state index contributed by atoms with van der Waals surface area (Å²) in [5.74, 6) is -2.15. The quantitative estimate of drug-likeness (QED) is 0.751. The lowest BCUT2D eigenvalue weighted by Crippen LogP contribution is -2.54. The first-order valence-corrected chi connectivity index (χ1v) is 6.50. The molecule has 0 bridgehead atoms. The Kier molecular flexibility index (Phi) is 5.12. The highest BCUT2D eigenvalue weighted by Gasteiger charge is 2.33. The number of furan rings is 1. The van der Waals surface area contributed by atoms with Gasteiger partial charge in [-0.1, -0.05) is 20.8 Å². The maximum Gasteiger partial charge on any atom is 0.326 e. The van der Waals surface area contributed by atoms with Gasteiger partial charge in [0, 0.05) is 0 Å². The van der Waals surface area contributed by atoms with Crippen molar-refractivity contribution in [1.29, 1.82) is 0 Å². The highest BCUT2D eigenvalue weighted by Crippen LogP contribution is 2.19. The summed E-state index contributed by atoms with van der Waals surface area (Å²) >= 11 is 0. The summed E-state index contributed by atoms with van der Waals surface area (Å²) < 4.78 is 4.91. The summed E-state index contributed by atoms with van der Waals surface area (Å²) in [7, 11) is 0. The number of carbonyl (C=O) groups is 3. The van der Waals surface area contributed by atoms with Gasteiger partial charge in [0.2, 0.25) is 5.91 Å². The second kappa shape index (κ2) is 6.43. The van der Waals surface area contributed by atoms with Crippen molar-refractivity contribution < 1.29 is 23.9 Å². The number of hydrogen-bond acceptors (Lipinski definition) is 4. The summed E-state index contributed by atoms with van der Waals surface area (Å²) in [6, 6.07) is 1.09. The third-order valence-corrected chi connectivity index (χ3v) is 2.89. The molecule has 1 unspecified atom stereocenters. The molecule has 7 nitrogen and oxygen atoms in total. The molecule has 0 spiro atoms. The molecule has 0 saturated heterocycles. The molecule has 0 aliphatic heterocycles. The van der Waals surface area contributed by atoms with Gasteiger partial charge >= 0.3 is 5.97 Å². The van der Waals surface area contributed by atoms with Crippen molar-refractivity contribution >= 4 is 17.8 Å². The number of carboxylic acid groups (broad SMARTS) is 1. The standard InChI is InChI=1S/C14H20N2O5/c1-8(15-12(18)9-6-5-7-21-9)11(17)16-10(13(19)20)14(2,3)4/h5-8,10H,1-4H3,(H,15,18)(H,16,17)(H,19,20)/t8?,10-/m0/s1. The summed E-state index contributed by atoms with van der Waals surface area (Å²) in [4.78, 5) is 34.9. The lowest BCUT2D eigenvalue weighted by Gasteiger charge is -2.28. The van der Waals surface area contributed by atoms with Gasteiger partial charge in [-0.15, -0.1) is 0 Å². The molecule has 7 heteroatoms. The molecule has 2 amide bonds. The van der Waals surface area contributed by atoms with Crippen molar-refractivity contribution in [2.75, 3.05) is 0 Å². The molecule has 0 aromatic carbocycles. The van der Waals surface area contributed by atoms with Gasteiger partial charge in [-0.3, -0.25) is 9.59 Å². The molecule has 1 aromatic rings. The number of carbonyl (C=O) groups excluding carboxylic acids is 2. The van der Waals surface area contributed by atoms with E-state index in [0.29, 0.717) is 0 Å². The Morgan fingerprint density at radius 2 is 1.86 bits per heavy atom. The van der Waals surface area contributed by atoms with E-state index in [1.807, 2.05) is 0 Å². The second-order valence-corrected chi connectivity index (χ2v) is 5.82. The van der Waals surface area contributed by atoms with E-state index in [1.165, 1.54) is 19.3 Å². The van der Waals surface area contributed by atoms with E-state index in [1.54, 1.807) is 26.8 Å². The predicted molar refractivity (Wildman–Crippen MR) is 74.7 cm³/mol. The smallest absolute Gasteiger partial charge is 0.326 e. The van der Waals surface area contributed by atoms with Crippen LogP contribution in [0.25, 0.3) is 0 Å². The average Bonchev–Trinajstić information content (AvgIpc) is 2.87. The molecule has 116 valence electrons. The SMILES string of the molecule is CC(NC(=O)c1ccco1)C(=O)N[C@@H](C(=O)O)C(C)(C)C. The van der Waals surface area contributed by atoms with E-state index in [-0.39, 0.29) is 5.76 Å². The van der Waals surface area contributed by atoms with Crippen molar-refractivity contribution in [3.63, 3.8) is 0 Å². The lowest BCUT2D eigenvalue weighted by molar-refractivity contribution is -0.145. The summed E-state index contributed by atoms with van der Waals surface area (Å²) in [5.41, 5.74) is -0.647. The number of aliphatic carboxylic acids is 1. The fourth-order valence-corrected chi connectivity index (χ4v) is 1.66. The minimum atomic E-state index is -1.12. The van der Waals surface area contributed by atoms with Crippen LogP contribution in [0.5, 0.6) is 0 Å². The van der Waals surface area contributed by atoms with Crippen LogP contribution in [0.3, 0.4) is 0 Å². The summed E-state index contributed by atoms with van der Waals surface area (Å²) in [6.45, 7) is 6.59. The Balaban J connectivity index is 2.66. The van der Waals surface area contributed by atoms with Crippen LogP contribution in [0.1, 0.15) is 38.2 Å². The van der Waals surface area contributed by atoms with Crippen molar-refractivity contribution in [1.82, 2.24) is 10.6 Å². The van der Waals surface area contributed by atoms with Crippen molar-refractivity contribution in [2.24, 2.45) is 5.41 Å². The third-order valence-electron chi connectivity index (χ3n) is 2.89. The van der Waals surface area contributed by atoms with Gasteiger partial charge in [0.15, 0.2) is 5.76 Å². The normalized spacial score (nSPS) is 14.1. The monoisotopic (exact) mass is 296 g/mol. The Bertz CT molecular complexity index is 516. The van der Waals surface area contributed by atoms with Crippen LogP contribution in [-0.4, -0.2) is 35.0 Å². The highest BCUT2D eigenvalue weighted by atomic mass is 16.4. The molecular formula is C14H20N2O5. The van der Waals surface area contributed by atoms with Crippen molar-refractivity contribution in [3.8, 4) is 0 Å². The van der Waals surface area contributed by atoms with Gasteiger partial charge < -0.3 is 20.2 Å². The minimum Gasteiger partial charge on any atom is -0.480 e. The molecule has 0 fully saturated rings. The van der Waals surface area contributed by atoms with E-state index in [4.69, 9.17) is 9.52 Å². The molecule has 1 rings (SSSR count). The first kappa shape index (κ1) is 16.7. The number of nitrogens with one attached hydrogen (secondary N) is 2. The van der Waals surface area contributed by atoms with Gasteiger partial charge in [0.1, 0.15) is 12.1 Å². The van der Waals surface area contributed by atoms with Gasteiger partial charge in [-0.2, -0.15) is 0 Å². The predicted octanol–water partition coefficient (Wildman–Crippen LogP) is 1.01. The number of hydrogen-bond donors (Lipinski definition) is 3. The Morgan fingerprint density at radius 1 is 1.24 bits per heavy atom. The molecule has 3 N–H and O–H groups in total. The maximum atomic E-state index is 12.0. The molecule has 0 saturated carbocycles. The highest BCUT2D eigenvalue weighted by molar-refractivity contribution is 5.96. The van der Waals surface area contributed by atoms with Crippen molar-refractivity contribution in [2.45, 2.75) is 39.8 Å². The summed E-state index contributed by atoms with van der Waals surface area (Å²) in [6.07, 6.45) is 1.35. The van der Waals surface area contributed by atoms with E-state index >= 15 is 0 Å². The zero-order chi connectivity index (χ0) is 16.2. The largest absolute Gasteiger partial charge is 0.480 e. The molecular weight excluding hydrogens is 276 g/mol. The Hall–Kier alpha value is -2.31. The van der Waals surface area contributed by atoms with Crippen LogP contribution >= 0.6 is 0 Å². The Morgan fingerprint density at radius 3 is 2.29 bits per heavy atom. The second-order valence-electron chi connectivity index (χ2n) is 5.82. The van der Waals surface area contributed by atoms with Crippen LogP contribution in [-0.2, 0) is 9.59 Å². The van der Waals surface area contributed by atoms with E-state index < -0.39 is 35.3 Å². The maximum absolute atomic E-state index is 12.0. The molecule has 1 heterocycles. The zero-order valence-corrected chi connectivity index (χ0v) is 12.5. The molecule has 0 aliphatic carbocycles. The molecule has 2 atom stereocenters. The fraction of sp³-hybridized carbons (Fsp3) is 0.500. The van der Waals surface area contributed by atoms with Crippen LogP contribution < -0.4 is 10.6 Å². The summed E-state index contributed by atoms with van der Waals surface area (Å²) in [5, 5.41) is 14.0. The van der Waals surface area contributed by atoms with Gasteiger partial charge in [0.05, 0.1) is 6.26 Å².